The van der Waals surface area contributed by atoms with Gasteiger partial charge in [-0.3, -0.25) is 4.79 Å². The van der Waals surface area contributed by atoms with Gasteiger partial charge in [0.25, 0.3) is 0 Å². The van der Waals surface area contributed by atoms with Gasteiger partial charge in [-0.05, 0) is 47.0 Å². The maximum atomic E-state index is 11.9. The Kier molecular flexibility index (Phi) is 8.94. The Morgan fingerprint density at radius 2 is 1.79 bits per heavy atom. The summed E-state index contributed by atoms with van der Waals surface area (Å²) in [4.78, 5) is 11.9. The molecule has 0 N–H and O–H groups in total. The van der Waals surface area contributed by atoms with Gasteiger partial charge in [0.15, 0.2) is 0 Å². The summed E-state index contributed by atoms with van der Waals surface area (Å²) in [6.07, 6.45) is 14.6. The number of carbonyl (C=O) groups excluding carboxylic acids is 1. The smallest absolute Gasteiger partial charge is 0.309 e. The summed E-state index contributed by atoms with van der Waals surface area (Å²) in [6, 6.07) is 0. The van der Waals surface area contributed by atoms with E-state index in [0.29, 0.717) is 0 Å². The highest BCUT2D eigenvalue weighted by atomic mass is 16.6. The van der Waals surface area contributed by atoms with Crippen LogP contribution in [0.2, 0.25) is 0 Å². The van der Waals surface area contributed by atoms with E-state index in [4.69, 9.17) is 4.74 Å². The topological polar surface area (TPSA) is 26.3 Å². The van der Waals surface area contributed by atoms with Crippen LogP contribution in [0.15, 0.2) is 36.5 Å². The summed E-state index contributed by atoms with van der Waals surface area (Å²) < 4.78 is 5.41. The van der Waals surface area contributed by atoms with Gasteiger partial charge in [0.2, 0.25) is 0 Å². The average molecular weight is 264 g/mol. The van der Waals surface area contributed by atoms with E-state index in [1.54, 1.807) is 0 Å². The Morgan fingerprint density at radius 3 is 2.32 bits per heavy atom. The molecule has 108 valence electrons. The minimum Gasteiger partial charge on any atom is -0.460 e. The van der Waals surface area contributed by atoms with E-state index >= 15 is 0 Å². The van der Waals surface area contributed by atoms with Crippen molar-refractivity contribution in [3.05, 3.63) is 36.5 Å². The lowest BCUT2D eigenvalue weighted by Crippen LogP contribution is -2.28. The highest BCUT2D eigenvalue weighted by molar-refractivity contribution is 5.72. The summed E-state index contributed by atoms with van der Waals surface area (Å²) >= 11 is 0. The maximum Gasteiger partial charge on any atom is 0.309 e. The fraction of sp³-hybridized carbons (Fsp3) is 0.588. The van der Waals surface area contributed by atoms with Gasteiger partial charge in [-0.25, -0.2) is 0 Å². The van der Waals surface area contributed by atoms with Crippen LogP contribution in [0.3, 0.4) is 0 Å². The van der Waals surface area contributed by atoms with Gasteiger partial charge < -0.3 is 4.74 Å². The minimum absolute atomic E-state index is 0.00314. The van der Waals surface area contributed by atoms with Gasteiger partial charge >= 0.3 is 5.97 Å². The largest absolute Gasteiger partial charge is 0.460 e. The second kappa shape index (κ2) is 9.60. The number of hydrogen-bond acceptors (Lipinski definition) is 2. The van der Waals surface area contributed by atoms with Gasteiger partial charge in [0.1, 0.15) is 5.60 Å². The zero-order valence-corrected chi connectivity index (χ0v) is 13.0. The number of rotatable bonds is 7. The molecule has 2 heteroatoms. The van der Waals surface area contributed by atoms with Crippen LogP contribution < -0.4 is 0 Å². The molecule has 0 spiro atoms. The van der Waals surface area contributed by atoms with Gasteiger partial charge in [-0.15, -0.1) is 0 Å². The molecule has 0 rings (SSSR count). The van der Waals surface area contributed by atoms with E-state index in [0.717, 1.165) is 19.3 Å². The normalized spacial score (nSPS) is 14.6. The molecule has 0 radical (unpaired) electrons. The first-order valence-electron chi connectivity index (χ1n) is 7.08. The fourth-order valence-corrected chi connectivity index (χ4v) is 1.59. The summed E-state index contributed by atoms with van der Waals surface area (Å²) in [5.74, 6) is -0.0729. The van der Waals surface area contributed by atoms with Crippen molar-refractivity contribution in [1.82, 2.24) is 0 Å². The molecule has 0 saturated carbocycles. The third-order valence-electron chi connectivity index (χ3n) is 2.58. The molecular weight excluding hydrogens is 236 g/mol. The first-order chi connectivity index (χ1) is 8.90. The van der Waals surface area contributed by atoms with Crippen molar-refractivity contribution in [1.29, 1.82) is 0 Å². The lowest BCUT2D eigenvalue weighted by molar-refractivity contribution is -0.160. The summed E-state index contributed by atoms with van der Waals surface area (Å²) in [5, 5.41) is 0. The summed E-state index contributed by atoms with van der Waals surface area (Å²) in [7, 11) is 0. The van der Waals surface area contributed by atoms with Crippen LogP contribution in [-0.2, 0) is 9.53 Å². The van der Waals surface area contributed by atoms with Crippen LogP contribution in [0.5, 0.6) is 0 Å². The second-order valence-electron chi connectivity index (χ2n) is 5.55. The van der Waals surface area contributed by atoms with E-state index in [-0.39, 0.29) is 11.9 Å². The van der Waals surface area contributed by atoms with Crippen molar-refractivity contribution in [3.8, 4) is 0 Å². The Balaban J connectivity index is 4.10. The predicted octanol–water partition coefficient (Wildman–Crippen LogP) is 4.82. The van der Waals surface area contributed by atoms with Crippen LogP contribution >= 0.6 is 0 Å². The van der Waals surface area contributed by atoms with Crippen molar-refractivity contribution in [2.24, 2.45) is 5.92 Å². The van der Waals surface area contributed by atoms with Crippen molar-refractivity contribution < 1.29 is 9.53 Å². The quantitative estimate of drug-likeness (QED) is 0.486. The monoisotopic (exact) mass is 264 g/mol. The Bertz CT molecular complexity index is 330. The fourth-order valence-electron chi connectivity index (χ4n) is 1.59. The first kappa shape index (κ1) is 17.7. The molecule has 0 amide bonds. The van der Waals surface area contributed by atoms with E-state index in [1.807, 2.05) is 65.0 Å². The van der Waals surface area contributed by atoms with Gasteiger partial charge in [-0.2, -0.15) is 0 Å². The lowest BCUT2D eigenvalue weighted by Gasteiger charge is -2.23. The van der Waals surface area contributed by atoms with E-state index in [1.165, 1.54) is 0 Å². The van der Waals surface area contributed by atoms with Crippen LogP contribution in [0.4, 0.5) is 0 Å². The number of ether oxygens (including phenoxy) is 1. The number of esters is 1. The molecule has 0 aromatic heterocycles. The molecule has 0 saturated heterocycles. The van der Waals surface area contributed by atoms with Crippen molar-refractivity contribution in [3.63, 3.8) is 0 Å². The van der Waals surface area contributed by atoms with E-state index in [2.05, 4.69) is 6.08 Å². The van der Waals surface area contributed by atoms with Gasteiger partial charge in [0.05, 0.1) is 5.92 Å². The molecule has 0 heterocycles. The zero-order valence-electron chi connectivity index (χ0n) is 13.0. The van der Waals surface area contributed by atoms with Crippen molar-refractivity contribution in [2.45, 2.75) is 59.5 Å². The molecule has 0 fully saturated rings. The first-order valence-corrected chi connectivity index (χ1v) is 7.08. The lowest BCUT2D eigenvalue weighted by atomic mass is 10.00. The molecule has 1 unspecified atom stereocenters. The zero-order chi connectivity index (χ0) is 14.7. The standard InChI is InChI=1S/C17H28O2/c1-6-8-9-10-11-12-13-14-15(7-2)16(18)19-17(3,4)5/h6,8-12,15H,7,13-14H2,1-5H3. The molecule has 0 aromatic carbocycles. The Morgan fingerprint density at radius 1 is 1.16 bits per heavy atom. The van der Waals surface area contributed by atoms with Gasteiger partial charge in [0, 0.05) is 0 Å². The summed E-state index contributed by atoms with van der Waals surface area (Å²) in [6.45, 7) is 9.74. The highest BCUT2D eigenvalue weighted by Gasteiger charge is 2.22. The molecule has 0 aliphatic carbocycles. The van der Waals surface area contributed by atoms with Crippen LogP contribution in [-0.4, -0.2) is 11.6 Å². The number of carbonyl (C=O) groups is 1. The van der Waals surface area contributed by atoms with Crippen molar-refractivity contribution >= 4 is 5.97 Å². The minimum atomic E-state index is -0.393. The average Bonchev–Trinajstić information content (AvgIpc) is 2.30. The molecule has 19 heavy (non-hydrogen) atoms. The maximum absolute atomic E-state index is 11.9. The number of allylic oxidation sites excluding steroid dienone is 6. The van der Waals surface area contributed by atoms with Crippen LogP contribution in [0.1, 0.15) is 53.9 Å². The molecular formula is C17H28O2. The molecule has 0 bridgehead atoms. The molecule has 0 aromatic rings. The van der Waals surface area contributed by atoms with Gasteiger partial charge in [-0.1, -0.05) is 43.4 Å². The SMILES string of the molecule is CC=CC=CC=CCCC(CC)C(=O)OC(C)(C)C. The third-order valence-corrected chi connectivity index (χ3v) is 2.58. The Hall–Kier alpha value is -1.31. The molecule has 0 aliphatic rings. The highest BCUT2D eigenvalue weighted by Crippen LogP contribution is 2.18. The van der Waals surface area contributed by atoms with Crippen molar-refractivity contribution in [2.75, 3.05) is 0 Å². The molecule has 0 aliphatic heterocycles. The summed E-state index contributed by atoms with van der Waals surface area (Å²) in [5.41, 5.74) is -0.393. The third kappa shape index (κ3) is 10.3. The predicted molar refractivity (Wildman–Crippen MR) is 82.0 cm³/mol. The molecule has 1 atom stereocenters. The second-order valence-corrected chi connectivity index (χ2v) is 5.55. The molecule has 2 nitrogen and oxygen atoms in total. The van der Waals surface area contributed by atoms with E-state index < -0.39 is 5.60 Å². The van der Waals surface area contributed by atoms with Crippen LogP contribution in [0.25, 0.3) is 0 Å². The Labute approximate surface area is 118 Å². The van der Waals surface area contributed by atoms with Crippen LogP contribution in [0, 0.1) is 5.92 Å². The number of hydrogen-bond donors (Lipinski definition) is 0. The van der Waals surface area contributed by atoms with E-state index in [9.17, 15) is 4.79 Å².